The normalized spacial score (nSPS) is 18.0. The zero-order chi connectivity index (χ0) is 15.6. The van der Waals surface area contributed by atoms with Crippen LogP contribution in [0.4, 0.5) is 0 Å². The average Bonchev–Trinajstić information content (AvgIpc) is 2.51. The fraction of sp³-hybridized carbons (Fsp3) is 0.933. The van der Waals surface area contributed by atoms with Gasteiger partial charge < -0.3 is 25.0 Å². The van der Waals surface area contributed by atoms with Gasteiger partial charge in [0.1, 0.15) is 0 Å². The maximum absolute atomic E-state index is 5.50. The highest BCUT2D eigenvalue weighted by molar-refractivity contribution is 14.0. The minimum Gasteiger partial charge on any atom is -0.382 e. The number of aliphatic imine (C=N–C) groups is 1. The number of nitrogens with one attached hydrogen (secondary N) is 2. The molecule has 0 aromatic carbocycles. The summed E-state index contributed by atoms with van der Waals surface area (Å²) in [5.74, 6) is 0.860. The Hall–Kier alpha value is -0.120. The minimum absolute atomic E-state index is 0. The van der Waals surface area contributed by atoms with Gasteiger partial charge in [-0.15, -0.1) is 24.0 Å². The van der Waals surface area contributed by atoms with Crippen LogP contribution < -0.4 is 10.6 Å². The average molecular weight is 428 g/mol. The first-order valence-electron chi connectivity index (χ1n) is 7.92. The van der Waals surface area contributed by atoms with E-state index < -0.39 is 0 Å². The molecule has 1 aliphatic rings. The topological polar surface area (TPSA) is 58.1 Å². The van der Waals surface area contributed by atoms with Crippen LogP contribution in [0.2, 0.25) is 0 Å². The first-order chi connectivity index (χ1) is 10.1. The van der Waals surface area contributed by atoms with Crippen molar-refractivity contribution < 1.29 is 9.47 Å². The molecule has 7 heteroatoms. The largest absolute Gasteiger partial charge is 0.382 e. The number of likely N-dealkylation sites (N-methyl/N-ethyl adjacent to an activating group) is 1. The van der Waals surface area contributed by atoms with E-state index in [2.05, 4.69) is 34.6 Å². The van der Waals surface area contributed by atoms with E-state index in [0.717, 1.165) is 64.7 Å². The maximum atomic E-state index is 5.50. The number of rotatable bonds is 8. The van der Waals surface area contributed by atoms with Crippen molar-refractivity contribution in [2.24, 2.45) is 4.99 Å². The van der Waals surface area contributed by atoms with E-state index in [0.29, 0.717) is 0 Å². The Morgan fingerprint density at radius 1 is 1.27 bits per heavy atom. The molecule has 6 nitrogen and oxygen atoms in total. The van der Waals surface area contributed by atoms with Gasteiger partial charge in [0.15, 0.2) is 5.96 Å². The van der Waals surface area contributed by atoms with E-state index in [9.17, 15) is 0 Å². The lowest BCUT2D eigenvalue weighted by Crippen LogP contribution is -2.57. The molecule has 0 aliphatic carbocycles. The van der Waals surface area contributed by atoms with Crippen molar-refractivity contribution in [3.8, 4) is 0 Å². The van der Waals surface area contributed by atoms with Crippen molar-refractivity contribution in [2.45, 2.75) is 31.7 Å². The van der Waals surface area contributed by atoms with Gasteiger partial charge in [-0.3, -0.25) is 4.99 Å². The summed E-state index contributed by atoms with van der Waals surface area (Å²) in [4.78, 5) is 6.59. The van der Waals surface area contributed by atoms with Crippen LogP contribution in [0.5, 0.6) is 0 Å². The summed E-state index contributed by atoms with van der Waals surface area (Å²) in [5.41, 5.74) is 0.154. The fourth-order valence-electron chi connectivity index (χ4n) is 2.53. The zero-order valence-electron chi connectivity index (χ0n) is 14.5. The molecular formula is C15H33IN4O2. The third-order valence-electron chi connectivity index (χ3n) is 4.14. The van der Waals surface area contributed by atoms with Crippen LogP contribution in [0, 0.1) is 0 Å². The Morgan fingerprint density at radius 3 is 2.50 bits per heavy atom. The van der Waals surface area contributed by atoms with Crippen molar-refractivity contribution >= 4 is 29.9 Å². The molecule has 132 valence electrons. The number of hydrogen-bond donors (Lipinski definition) is 2. The number of hydrogen-bond acceptors (Lipinski definition) is 4. The molecule has 1 fully saturated rings. The van der Waals surface area contributed by atoms with Gasteiger partial charge in [-0.05, 0) is 40.3 Å². The number of guanidine groups is 1. The third kappa shape index (κ3) is 7.43. The maximum Gasteiger partial charge on any atom is 0.191 e. The molecule has 2 N–H and O–H groups in total. The van der Waals surface area contributed by atoms with Crippen molar-refractivity contribution in [3.05, 3.63) is 0 Å². The third-order valence-corrected chi connectivity index (χ3v) is 4.14. The fourth-order valence-corrected chi connectivity index (χ4v) is 2.53. The van der Waals surface area contributed by atoms with Gasteiger partial charge in [-0.25, -0.2) is 0 Å². The SMILES string of the molecule is CCOCCCNC(=NC)NCC1(N(C)C)CCOCC1.I. The van der Waals surface area contributed by atoms with Gasteiger partial charge in [-0.1, -0.05) is 0 Å². The van der Waals surface area contributed by atoms with Gasteiger partial charge in [0.2, 0.25) is 0 Å². The predicted octanol–water partition coefficient (Wildman–Crippen LogP) is 1.31. The summed E-state index contributed by atoms with van der Waals surface area (Å²) >= 11 is 0. The highest BCUT2D eigenvalue weighted by Gasteiger charge is 2.34. The predicted molar refractivity (Wildman–Crippen MR) is 102 cm³/mol. The van der Waals surface area contributed by atoms with Crippen LogP contribution in [0.3, 0.4) is 0 Å². The van der Waals surface area contributed by atoms with Gasteiger partial charge >= 0.3 is 0 Å². The lowest BCUT2D eigenvalue weighted by molar-refractivity contribution is -0.00501. The molecule has 1 aliphatic heterocycles. The second-order valence-corrected chi connectivity index (χ2v) is 5.63. The van der Waals surface area contributed by atoms with E-state index >= 15 is 0 Å². The highest BCUT2D eigenvalue weighted by atomic mass is 127. The highest BCUT2D eigenvalue weighted by Crippen LogP contribution is 2.24. The number of ether oxygens (including phenoxy) is 2. The van der Waals surface area contributed by atoms with Gasteiger partial charge in [0.05, 0.1) is 0 Å². The Morgan fingerprint density at radius 2 is 1.95 bits per heavy atom. The van der Waals surface area contributed by atoms with Crippen molar-refractivity contribution in [3.63, 3.8) is 0 Å². The summed E-state index contributed by atoms with van der Waals surface area (Å²) in [5, 5.41) is 6.79. The molecule has 0 atom stereocenters. The summed E-state index contributed by atoms with van der Waals surface area (Å²) in [6, 6.07) is 0. The molecule has 0 radical (unpaired) electrons. The van der Waals surface area contributed by atoms with Gasteiger partial charge in [-0.2, -0.15) is 0 Å². The Balaban J connectivity index is 0.00000441. The Kier molecular flexibility index (Phi) is 12.3. The number of halogens is 1. The molecule has 0 bridgehead atoms. The van der Waals surface area contributed by atoms with Crippen molar-refractivity contribution in [1.82, 2.24) is 15.5 Å². The van der Waals surface area contributed by atoms with Gasteiger partial charge in [0.25, 0.3) is 0 Å². The lowest BCUT2D eigenvalue weighted by Gasteiger charge is -2.43. The molecular weight excluding hydrogens is 395 g/mol. The Bertz CT molecular complexity index is 308. The zero-order valence-corrected chi connectivity index (χ0v) is 16.8. The molecule has 0 aromatic rings. The molecule has 0 spiro atoms. The van der Waals surface area contributed by atoms with Crippen LogP contribution in [0.25, 0.3) is 0 Å². The lowest BCUT2D eigenvalue weighted by atomic mass is 9.88. The molecule has 22 heavy (non-hydrogen) atoms. The van der Waals surface area contributed by atoms with E-state index in [1.807, 2.05) is 14.0 Å². The first-order valence-corrected chi connectivity index (χ1v) is 7.92. The van der Waals surface area contributed by atoms with Crippen LogP contribution >= 0.6 is 24.0 Å². The van der Waals surface area contributed by atoms with E-state index in [4.69, 9.17) is 9.47 Å². The quantitative estimate of drug-likeness (QED) is 0.264. The first kappa shape index (κ1) is 21.9. The van der Waals surface area contributed by atoms with Crippen molar-refractivity contribution in [1.29, 1.82) is 0 Å². The van der Waals surface area contributed by atoms with Gasteiger partial charge in [0, 0.05) is 52.1 Å². The summed E-state index contributed by atoms with van der Waals surface area (Å²) < 4.78 is 10.8. The molecule has 1 heterocycles. The van der Waals surface area contributed by atoms with Crippen LogP contribution in [0.15, 0.2) is 4.99 Å². The minimum atomic E-state index is 0. The standard InChI is InChI=1S/C15H32N4O2.HI/c1-5-20-10-6-9-17-14(16-2)18-13-15(19(3)4)7-11-21-12-8-15;/h5-13H2,1-4H3,(H2,16,17,18);1H. The van der Waals surface area contributed by atoms with Crippen LogP contribution in [0.1, 0.15) is 26.2 Å². The smallest absolute Gasteiger partial charge is 0.191 e. The van der Waals surface area contributed by atoms with Crippen LogP contribution in [-0.2, 0) is 9.47 Å². The van der Waals surface area contributed by atoms with Crippen molar-refractivity contribution in [2.75, 3.05) is 60.7 Å². The molecule has 0 saturated carbocycles. The summed E-state index contributed by atoms with van der Waals surface area (Å²) in [6.45, 7) is 7.01. The second kappa shape index (κ2) is 12.3. The number of nitrogens with zero attached hydrogens (tertiary/aromatic N) is 2. The molecule has 0 unspecified atom stereocenters. The van der Waals surface area contributed by atoms with E-state index in [1.165, 1.54) is 0 Å². The molecule has 0 aromatic heterocycles. The summed E-state index contributed by atoms with van der Waals surface area (Å²) in [7, 11) is 6.10. The second-order valence-electron chi connectivity index (χ2n) is 5.63. The van der Waals surface area contributed by atoms with Crippen LogP contribution in [-0.4, -0.2) is 77.1 Å². The molecule has 0 amide bonds. The molecule has 1 saturated heterocycles. The van der Waals surface area contributed by atoms with E-state index in [1.54, 1.807) is 0 Å². The van der Waals surface area contributed by atoms with E-state index in [-0.39, 0.29) is 29.5 Å². The summed E-state index contributed by atoms with van der Waals surface area (Å²) in [6.07, 6.45) is 3.09. The molecule has 1 rings (SSSR count). The Labute approximate surface area is 152 Å². The monoisotopic (exact) mass is 428 g/mol.